The highest BCUT2D eigenvalue weighted by atomic mass is 16.6. The van der Waals surface area contributed by atoms with Crippen molar-refractivity contribution in [2.75, 3.05) is 6.54 Å². The zero-order valence-corrected chi connectivity index (χ0v) is 18.0. The Kier molecular flexibility index (Phi) is 8.87. The Morgan fingerprint density at radius 1 is 1.00 bits per heavy atom. The molecule has 6 nitrogen and oxygen atoms in total. The average Bonchev–Trinajstić information content (AvgIpc) is 2.72. The monoisotopic (exact) mass is 412 g/mol. The van der Waals surface area contributed by atoms with Gasteiger partial charge in [-0.3, -0.25) is 0 Å². The maximum atomic E-state index is 12.7. The van der Waals surface area contributed by atoms with E-state index in [-0.39, 0.29) is 12.0 Å². The van der Waals surface area contributed by atoms with Crippen molar-refractivity contribution < 1.29 is 19.1 Å². The number of benzene rings is 2. The zero-order valence-electron chi connectivity index (χ0n) is 18.0. The van der Waals surface area contributed by atoms with Gasteiger partial charge in [-0.05, 0) is 54.5 Å². The van der Waals surface area contributed by atoms with Gasteiger partial charge in [-0.15, -0.1) is 0 Å². The van der Waals surface area contributed by atoms with Crippen LogP contribution in [-0.4, -0.2) is 24.6 Å². The highest BCUT2D eigenvalue weighted by molar-refractivity contribution is 5.82. The fourth-order valence-corrected chi connectivity index (χ4v) is 2.86. The van der Waals surface area contributed by atoms with Gasteiger partial charge in [0.1, 0.15) is 18.4 Å². The predicted octanol–water partition coefficient (Wildman–Crippen LogP) is 4.31. The molecule has 0 spiro atoms. The number of hydrogen-bond donors (Lipinski definition) is 2. The van der Waals surface area contributed by atoms with Gasteiger partial charge in [0.2, 0.25) is 0 Å². The van der Waals surface area contributed by atoms with Crippen LogP contribution in [-0.2, 0) is 21.6 Å². The summed E-state index contributed by atoms with van der Waals surface area (Å²) < 4.78 is 10.7. The molecule has 0 bridgehead atoms. The topological polar surface area (TPSA) is 90.6 Å². The lowest BCUT2D eigenvalue weighted by Gasteiger charge is -2.20. The number of carbonyl (C=O) groups is 2. The minimum Gasteiger partial charge on any atom is -0.445 e. The average molecular weight is 413 g/mol. The highest BCUT2D eigenvalue weighted by Gasteiger charge is 2.23. The number of amides is 1. The standard InChI is InChI=1S/C24H32N2O4/c1-24(2,3)19-12-14-20(15-13-19)30-22(27)21(11-7-8-16-25)26-23(28)29-17-18-9-5-4-6-10-18/h4-6,9-10,12-15,21H,7-8,11,16-17,25H2,1-3H3,(H,26,28)/t21-/m0/s1. The van der Waals surface area contributed by atoms with Crippen molar-refractivity contribution in [3.05, 3.63) is 65.7 Å². The summed E-state index contributed by atoms with van der Waals surface area (Å²) in [5.41, 5.74) is 7.57. The molecule has 1 amide bonds. The van der Waals surface area contributed by atoms with Gasteiger partial charge in [0.25, 0.3) is 0 Å². The van der Waals surface area contributed by atoms with Crippen LogP contribution in [0.25, 0.3) is 0 Å². The number of nitrogens with one attached hydrogen (secondary N) is 1. The second-order valence-corrected chi connectivity index (χ2v) is 8.24. The third-order valence-corrected chi connectivity index (χ3v) is 4.68. The van der Waals surface area contributed by atoms with Gasteiger partial charge in [0.15, 0.2) is 0 Å². The number of nitrogens with two attached hydrogens (primary N) is 1. The van der Waals surface area contributed by atoms with Gasteiger partial charge in [-0.2, -0.15) is 0 Å². The van der Waals surface area contributed by atoms with Gasteiger partial charge in [-0.25, -0.2) is 9.59 Å². The van der Waals surface area contributed by atoms with E-state index in [2.05, 4.69) is 26.1 Å². The van der Waals surface area contributed by atoms with Gasteiger partial charge in [0.05, 0.1) is 0 Å². The molecule has 0 unspecified atom stereocenters. The van der Waals surface area contributed by atoms with Crippen LogP contribution < -0.4 is 15.8 Å². The van der Waals surface area contributed by atoms with Gasteiger partial charge >= 0.3 is 12.1 Å². The number of hydrogen-bond acceptors (Lipinski definition) is 5. The summed E-state index contributed by atoms with van der Waals surface area (Å²) in [5.74, 6) is -0.0801. The molecule has 0 radical (unpaired) electrons. The molecule has 0 aliphatic carbocycles. The SMILES string of the molecule is CC(C)(C)c1ccc(OC(=O)[C@H](CCCCN)NC(=O)OCc2ccccc2)cc1. The second kappa shape index (κ2) is 11.4. The maximum Gasteiger partial charge on any atom is 0.408 e. The van der Waals surface area contributed by atoms with E-state index in [0.29, 0.717) is 25.1 Å². The quantitative estimate of drug-likeness (QED) is 0.364. The fourth-order valence-electron chi connectivity index (χ4n) is 2.86. The molecule has 0 saturated carbocycles. The Hall–Kier alpha value is -2.86. The third-order valence-electron chi connectivity index (χ3n) is 4.68. The molecule has 0 aliphatic rings. The van der Waals surface area contributed by atoms with Crippen LogP contribution in [0, 0.1) is 0 Å². The lowest BCUT2D eigenvalue weighted by Crippen LogP contribution is -2.43. The van der Waals surface area contributed by atoms with Crippen molar-refractivity contribution in [2.24, 2.45) is 5.73 Å². The summed E-state index contributed by atoms with van der Waals surface area (Å²) in [6.07, 6.45) is 1.22. The van der Waals surface area contributed by atoms with E-state index < -0.39 is 18.1 Å². The number of rotatable bonds is 9. The molecule has 162 valence electrons. The molecular formula is C24H32N2O4. The van der Waals surface area contributed by atoms with Gasteiger partial charge in [-0.1, -0.05) is 63.2 Å². The minimum atomic E-state index is -0.804. The molecule has 6 heteroatoms. The van der Waals surface area contributed by atoms with E-state index in [0.717, 1.165) is 17.5 Å². The summed E-state index contributed by atoms with van der Waals surface area (Å²) in [6.45, 7) is 7.01. The van der Waals surface area contributed by atoms with E-state index in [9.17, 15) is 9.59 Å². The summed E-state index contributed by atoms with van der Waals surface area (Å²) in [5, 5.41) is 2.63. The van der Waals surface area contributed by atoms with Crippen LogP contribution in [0.2, 0.25) is 0 Å². The summed E-state index contributed by atoms with van der Waals surface area (Å²) in [4.78, 5) is 24.9. The molecule has 0 aliphatic heterocycles. The first-order valence-corrected chi connectivity index (χ1v) is 10.3. The van der Waals surface area contributed by atoms with Crippen LogP contribution in [0.3, 0.4) is 0 Å². The molecule has 0 saturated heterocycles. The molecule has 30 heavy (non-hydrogen) atoms. The van der Waals surface area contributed by atoms with E-state index in [1.54, 1.807) is 12.1 Å². The number of unbranched alkanes of at least 4 members (excludes halogenated alkanes) is 1. The maximum absolute atomic E-state index is 12.7. The smallest absolute Gasteiger partial charge is 0.408 e. The van der Waals surface area contributed by atoms with Crippen molar-refractivity contribution in [1.29, 1.82) is 0 Å². The minimum absolute atomic E-state index is 0.0113. The molecule has 0 heterocycles. The van der Waals surface area contributed by atoms with Crippen LogP contribution in [0.5, 0.6) is 5.75 Å². The molecule has 2 rings (SSSR count). The van der Waals surface area contributed by atoms with Crippen molar-refractivity contribution in [2.45, 2.75) is 58.1 Å². The Morgan fingerprint density at radius 2 is 1.67 bits per heavy atom. The van der Waals surface area contributed by atoms with E-state index in [4.69, 9.17) is 15.2 Å². The van der Waals surface area contributed by atoms with E-state index >= 15 is 0 Å². The fraction of sp³-hybridized carbons (Fsp3) is 0.417. The third kappa shape index (κ3) is 7.87. The number of alkyl carbamates (subject to hydrolysis) is 1. The van der Waals surface area contributed by atoms with Crippen LogP contribution in [0.1, 0.15) is 51.2 Å². The lowest BCUT2D eigenvalue weighted by atomic mass is 9.87. The van der Waals surface area contributed by atoms with Crippen molar-refractivity contribution in [1.82, 2.24) is 5.32 Å². The predicted molar refractivity (Wildman–Crippen MR) is 117 cm³/mol. The largest absolute Gasteiger partial charge is 0.445 e. The molecule has 2 aromatic carbocycles. The van der Waals surface area contributed by atoms with Crippen molar-refractivity contribution >= 4 is 12.1 Å². The summed E-state index contributed by atoms with van der Waals surface area (Å²) >= 11 is 0. The van der Waals surface area contributed by atoms with Crippen LogP contribution in [0.15, 0.2) is 54.6 Å². The van der Waals surface area contributed by atoms with Crippen LogP contribution >= 0.6 is 0 Å². The highest BCUT2D eigenvalue weighted by Crippen LogP contribution is 2.24. The Morgan fingerprint density at radius 3 is 2.27 bits per heavy atom. The lowest BCUT2D eigenvalue weighted by molar-refractivity contribution is -0.136. The number of ether oxygens (including phenoxy) is 2. The number of carbonyl (C=O) groups excluding carboxylic acids is 2. The van der Waals surface area contributed by atoms with E-state index in [1.807, 2.05) is 42.5 Å². The zero-order chi connectivity index (χ0) is 22.0. The molecule has 0 fully saturated rings. The molecule has 2 aromatic rings. The summed E-state index contributed by atoms with van der Waals surface area (Å²) in [7, 11) is 0. The molecule has 3 N–H and O–H groups in total. The normalized spacial score (nSPS) is 12.1. The first kappa shape index (κ1) is 23.4. The Balaban J connectivity index is 1.96. The molecule has 0 aromatic heterocycles. The molecule has 1 atom stereocenters. The number of esters is 1. The Labute approximate surface area is 178 Å². The van der Waals surface area contributed by atoms with Crippen molar-refractivity contribution in [3.63, 3.8) is 0 Å². The van der Waals surface area contributed by atoms with Gasteiger partial charge < -0.3 is 20.5 Å². The first-order valence-electron chi connectivity index (χ1n) is 10.3. The second-order valence-electron chi connectivity index (χ2n) is 8.24. The Bertz CT molecular complexity index is 798. The van der Waals surface area contributed by atoms with Gasteiger partial charge in [0, 0.05) is 0 Å². The van der Waals surface area contributed by atoms with Crippen LogP contribution in [0.4, 0.5) is 4.79 Å². The van der Waals surface area contributed by atoms with Crippen molar-refractivity contribution in [3.8, 4) is 5.75 Å². The first-order chi connectivity index (χ1) is 14.3. The van der Waals surface area contributed by atoms with E-state index in [1.165, 1.54) is 0 Å². The summed E-state index contributed by atoms with van der Waals surface area (Å²) in [6, 6.07) is 16.0. The molecular weight excluding hydrogens is 380 g/mol.